The molecule has 3 aliphatic rings. The number of hydrogen-bond acceptors (Lipinski definition) is 5. The van der Waals surface area contributed by atoms with Gasteiger partial charge in [-0.05, 0) is 32.2 Å². The second-order valence-corrected chi connectivity index (χ2v) is 9.08. The third-order valence-corrected chi connectivity index (χ3v) is 6.46. The van der Waals surface area contributed by atoms with E-state index < -0.39 is 0 Å². The molecule has 0 aromatic rings. The van der Waals surface area contributed by atoms with Crippen molar-refractivity contribution in [2.24, 2.45) is 10.9 Å². The summed E-state index contributed by atoms with van der Waals surface area (Å²) in [5, 5.41) is 6.85. The van der Waals surface area contributed by atoms with E-state index in [1.165, 1.54) is 12.8 Å². The summed E-state index contributed by atoms with van der Waals surface area (Å²) in [6, 6.07) is 0.172. The lowest BCUT2D eigenvalue weighted by Gasteiger charge is -2.26. The average Bonchev–Trinajstić information content (AvgIpc) is 3.47. The Balaban J connectivity index is 0.00000363. The molecule has 0 bridgehead atoms. The summed E-state index contributed by atoms with van der Waals surface area (Å²) in [6.45, 7) is 7.04. The fourth-order valence-electron chi connectivity index (χ4n) is 4.48. The highest BCUT2D eigenvalue weighted by atomic mass is 127. The van der Waals surface area contributed by atoms with Gasteiger partial charge >= 0.3 is 0 Å². The molecule has 9 nitrogen and oxygen atoms in total. The van der Waals surface area contributed by atoms with Gasteiger partial charge in [-0.25, -0.2) is 4.99 Å². The zero-order valence-electron chi connectivity index (χ0n) is 19.7. The molecule has 2 N–H and O–H groups in total. The highest BCUT2D eigenvalue weighted by Gasteiger charge is 2.32. The average molecular weight is 565 g/mol. The van der Waals surface area contributed by atoms with Crippen LogP contribution < -0.4 is 10.6 Å². The zero-order chi connectivity index (χ0) is 22.1. The van der Waals surface area contributed by atoms with E-state index in [9.17, 15) is 9.59 Å². The van der Waals surface area contributed by atoms with Gasteiger partial charge in [0, 0.05) is 58.8 Å². The molecule has 1 saturated carbocycles. The second kappa shape index (κ2) is 14.2. The summed E-state index contributed by atoms with van der Waals surface area (Å²) >= 11 is 0. The molecule has 184 valence electrons. The van der Waals surface area contributed by atoms with Crippen LogP contribution in [0.1, 0.15) is 38.5 Å². The van der Waals surface area contributed by atoms with Gasteiger partial charge in [-0.1, -0.05) is 12.8 Å². The van der Waals surface area contributed by atoms with Crippen LogP contribution in [0.15, 0.2) is 4.99 Å². The van der Waals surface area contributed by atoms with Crippen molar-refractivity contribution in [1.29, 1.82) is 0 Å². The molecule has 3 rings (SSSR count). The van der Waals surface area contributed by atoms with Crippen molar-refractivity contribution in [2.75, 3.05) is 73.1 Å². The molecule has 1 atom stereocenters. The number of likely N-dealkylation sites (tertiary alicyclic amines) is 1. The topological polar surface area (TPSA) is 89.5 Å². The minimum atomic E-state index is -0.0288. The van der Waals surface area contributed by atoms with Gasteiger partial charge in [-0.2, -0.15) is 0 Å². The molecule has 1 unspecified atom stereocenters. The smallest absolute Gasteiger partial charge is 0.243 e. The third kappa shape index (κ3) is 8.66. The number of nitrogens with zero attached hydrogens (tertiary/aromatic N) is 4. The Morgan fingerprint density at radius 2 is 1.81 bits per heavy atom. The molecule has 3 fully saturated rings. The van der Waals surface area contributed by atoms with Crippen LogP contribution in [-0.4, -0.2) is 112 Å². The Hall–Kier alpha value is -1.14. The molecule has 1 aliphatic carbocycles. The van der Waals surface area contributed by atoms with Gasteiger partial charge in [-0.3, -0.25) is 14.5 Å². The molecule has 2 heterocycles. The van der Waals surface area contributed by atoms with Gasteiger partial charge in [0.2, 0.25) is 11.8 Å². The Bertz CT molecular complexity index is 621. The van der Waals surface area contributed by atoms with E-state index in [0.717, 1.165) is 71.6 Å². The van der Waals surface area contributed by atoms with Crippen LogP contribution in [0.25, 0.3) is 0 Å². The third-order valence-electron chi connectivity index (χ3n) is 6.46. The van der Waals surface area contributed by atoms with Crippen molar-refractivity contribution < 1.29 is 14.3 Å². The largest absolute Gasteiger partial charge is 0.379 e. The summed E-state index contributed by atoms with van der Waals surface area (Å²) in [5.41, 5.74) is 0. The number of carbonyl (C=O) groups is 2. The summed E-state index contributed by atoms with van der Waals surface area (Å²) in [5.74, 6) is 1.18. The van der Waals surface area contributed by atoms with Crippen molar-refractivity contribution in [3.05, 3.63) is 0 Å². The molecular formula is C22H41IN6O3. The maximum Gasteiger partial charge on any atom is 0.243 e. The maximum absolute atomic E-state index is 12.7. The fraction of sp³-hybridized carbons (Fsp3) is 0.864. The number of rotatable bonds is 8. The number of nitrogens with one attached hydrogen (secondary N) is 2. The lowest BCUT2D eigenvalue weighted by atomic mass is 10.1. The number of likely N-dealkylation sites (N-methyl/N-ethyl adjacent to an activating group) is 1. The Labute approximate surface area is 209 Å². The normalized spacial score (nSPS) is 22.5. The number of carbonyl (C=O) groups excluding carboxylic acids is 2. The molecule has 2 saturated heterocycles. The van der Waals surface area contributed by atoms with Crippen LogP contribution in [0.2, 0.25) is 0 Å². The van der Waals surface area contributed by atoms with E-state index in [1.807, 2.05) is 4.90 Å². The molecule has 32 heavy (non-hydrogen) atoms. The highest BCUT2D eigenvalue weighted by molar-refractivity contribution is 14.0. The van der Waals surface area contributed by atoms with Crippen LogP contribution in [0.4, 0.5) is 0 Å². The standard InChI is InChI=1S/C22H40N6O3.HI/c1-26(2)20(29)16-24-22(23-9-5-10-27-12-14-31-15-13-27)25-19-8-11-28(17-19)21(30)18-6-3-4-7-18;/h18-19H,3-17H2,1-2H3,(H2,23,24,25);1H. The van der Waals surface area contributed by atoms with Crippen LogP contribution in [0, 0.1) is 5.92 Å². The predicted molar refractivity (Wildman–Crippen MR) is 136 cm³/mol. The van der Waals surface area contributed by atoms with E-state index in [1.54, 1.807) is 19.0 Å². The molecule has 2 aliphatic heterocycles. The van der Waals surface area contributed by atoms with E-state index >= 15 is 0 Å². The molecule has 0 aromatic carbocycles. The van der Waals surface area contributed by atoms with E-state index in [0.29, 0.717) is 18.4 Å². The minimum absolute atomic E-state index is 0. The summed E-state index contributed by atoms with van der Waals surface area (Å²) in [4.78, 5) is 35.2. The number of guanidine groups is 1. The molecule has 0 aromatic heterocycles. The van der Waals surface area contributed by atoms with Crippen LogP contribution in [0.3, 0.4) is 0 Å². The minimum Gasteiger partial charge on any atom is -0.379 e. The quantitative estimate of drug-likeness (QED) is 0.196. The number of amides is 2. The number of halogens is 1. The lowest BCUT2D eigenvalue weighted by Crippen LogP contribution is -2.46. The van der Waals surface area contributed by atoms with Crippen LogP contribution in [-0.2, 0) is 14.3 Å². The van der Waals surface area contributed by atoms with Crippen molar-refractivity contribution in [3.63, 3.8) is 0 Å². The first-order chi connectivity index (χ1) is 15.0. The van der Waals surface area contributed by atoms with E-state index in [2.05, 4.69) is 20.5 Å². The SMILES string of the molecule is CN(C)C(=O)CN=C(NCCCN1CCOCC1)NC1CCN(C(=O)C2CCCC2)C1.I. The summed E-state index contributed by atoms with van der Waals surface area (Å²) < 4.78 is 5.40. The van der Waals surface area contributed by atoms with Gasteiger partial charge in [-0.15, -0.1) is 24.0 Å². The monoisotopic (exact) mass is 564 g/mol. The first-order valence-electron chi connectivity index (χ1n) is 11.9. The molecule has 0 spiro atoms. The summed E-state index contributed by atoms with van der Waals surface area (Å²) in [7, 11) is 3.48. The van der Waals surface area contributed by atoms with Crippen LogP contribution >= 0.6 is 24.0 Å². The van der Waals surface area contributed by atoms with Gasteiger partial charge in [0.15, 0.2) is 5.96 Å². The first kappa shape index (κ1) is 27.1. The fourth-order valence-corrected chi connectivity index (χ4v) is 4.48. The van der Waals surface area contributed by atoms with Gasteiger partial charge in [0.25, 0.3) is 0 Å². The maximum atomic E-state index is 12.7. The van der Waals surface area contributed by atoms with Crippen LogP contribution in [0.5, 0.6) is 0 Å². The number of aliphatic imine (C=N–C) groups is 1. The van der Waals surface area contributed by atoms with E-state index in [-0.39, 0.29) is 48.4 Å². The number of hydrogen-bond donors (Lipinski definition) is 2. The van der Waals surface area contributed by atoms with Crippen molar-refractivity contribution in [3.8, 4) is 0 Å². The Morgan fingerprint density at radius 3 is 2.50 bits per heavy atom. The van der Waals surface area contributed by atoms with Crippen molar-refractivity contribution in [1.82, 2.24) is 25.3 Å². The molecular weight excluding hydrogens is 523 g/mol. The van der Waals surface area contributed by atoms with Gasteiger partial charge < -0.3 is 25.2 Å². The predicted octanol–water partition coefficient (Wildman–Crippen LogP) is 0.741. The number of morpholine rings is 1. The second-order valence-electron chi connectivity index (χ2n) is 9.08. The van der Waals surface area contributed by atoms with Gasteiger partial charge in [0.1, 0.15) is 6.54 Å². The highest BCUT2D eigenvalue weighted by Crippen LogP contribution is 2.27. The Kier molecular flexibility index (Phi) is 12.0. The number of ether oxygens (including phenoxy) is 1. The first-order valence-corrected chi connectivity index (χ1v) is 11.9. The Morgan fingerprint density at radius 1 is 1.09 bits per heavy atom. The molecule has 2 amide bonds. The lowest BCUT2D eigenvalue weighted by molar-refractivity contribution is -0.134. The van der Waals surface area contributed by atoms with Gasteiger partial charge in [0.05, 0.1) is 13.2 Å². The zero-order valence-corrected chi connectivity index (χ0v) is 22.0. The summed E-state index contributed by atoms with van der Waals surface area (Å²) in [6.07, 6.45) is 6.34. The van der Waals surface area contributed by atoms with E-state index in [4.69, 9.17) is 4.74 Å². The molecule has 10 heteroatoms. The van der Waals surface area contributed by atoms with Crippen molar-refractivity contribution in [2.45, 2.75) is 44.6 Å². The molecule has 0 radical (unpaired) electrons. The van der Waals surface area contributed by atoms with Crippen molar-refractivity contribution >= 4 is 41.8 Å².